The lowest BCUT2D eigenvalue weighted by atomic mass is 10.2. The SMILES string of the molecule is S=c1n(C[NH+]2CCOCC2)nc(-c2ccc3c(c2)OCO3)n1-c1ccccc1. The number of morpholine rings is 1. The van der Waals surface area contributed by atoms with E-state index in [-0.39, 0.29) is 6.79 Å². The van der Waals surface area contributed by atoms with Crippen molar-refractivity contribution in [1.29, 1.82) is 0 Å². The summed E-state index contributed by atoms with van der Waals surface area (Å²) in [6.45, 7) is 4.44. The van der Waals surface area contributed by atoms with Crippen molar-refractivity contribution in [2.75, 3.05) is 33.1 Å². The van der Waals surface area contributed by atoms with Crippen LogP contribution in [0.15, 0.2) is 48.5 Å². The summed E-state index contributed by atoms with van der Waals surface area (Å²) >= 11 is 5.83. The molecule has 0 unspecified atom stereocenters. The number of ether oxygens (including phenoxy) is 3. The van der Waals surface area contributed by atoms with E-state index in [1.807, 2.05) is 57.8 Å². The minimum Gasteiger partial charge on any atom is -0.454 e. The molecule has 0 bridgehead atoms. The van der Waals surface area contributed by atoms with Gasteiger partial charge < -0.3 is 19.1 Å². The molecule has 1 saturated heterocycles. The van der Waals surface area contributed by atoms with E-state index >= 15 is 0 Å². The van der Waals surface area contributed by atoms with Crippen LogP contribution in [0.2, 0.25) is 0 Å². The second-order valence-corrected chi connectivity index (χ2v) is 7.23. The molecule has 7 nitrogen and oxygen atoms in total. The first-order valence-corrected chi connectivity index (χ1v) is 9.77. The first-order valence-electron chi connectivity index (χ1n) is 9.36. The average molecular weight is 397 g/mol. The van der Waals surface area contributed by atoms with Gasteiger partial charge in [0.05, 0.1) is 13.2 Å². The van der Waals surface area contributed by atoms with Crippen molar-refractivity contribution >= 4 is 12.2 Å². The summed E-state index contributed by atoms with van der Waals surface area (Å²) in [7, 11) is 0. The van der Waals surface area contributed by atoms with E-state index in [0.717, 1.165) is 61.5 Å². The van der Waals surface area contributed by atoms with Crippen LogP contribution in [0.4, 0.5) is 0 Å². The maximum Gasteiger partial charge on any atom is 0.231 e. The van der Waals surface area contributed by atoms with Crippen LogP contribution in [0.25, 0.3) is 17.1 Å². The Hall–Kier alpha value is -2.68. The number of rotatable bonds is 4. The molecule has 0 aliphatic carbocycles. The number of hydrogen-bond acceptors (Lipinski definition) is 5. The molecule has 28 heavy (non-hydrogen) atoms. The van der Waals surface area contributed by atoms with Crippen LogP contribution in [0.3, 0.4) is 0 Å². The van der Waals surface area contributed by atoms with Crippen LogP contribution in [0.5, 0.6) is 11.5 Å². The molecule has 1 aromatic heterocycles. The third kappa shape index (κ3) is 3.19. The van der Waals surface area contributed by atoms with Gasteiger partial charge in [0.2, 0.25) is 11.6 Å². The van der Waals surface area contributed by atoms with Crippen molar-refractivity contribution in [3.63, 3.8) is 0 Å². The van der Waals surface area contributed by atoms with Crippen molar-refractivity contribution < 1.29 is 19.1 Å². The van der Waals surface area contributed by atoms with Gasteiger partial charge in [-0.2, -0.15) is 4.68 Å². The Morgan fingerprint density at radius 2 is 1.79 bits per heavy atom. The largest absolute Gasteiger partial charge is 0.454 e. The molecule has 5 rings (SSSR count). The zero-order valence-corrected chi connectivity index (χ0v) is 16.2. The van der Waals surface area contributed by atoms with Gasteiger partial charge in [-0.25, -0.2) is 0 Å². The average Bonchev–Trinajstić information content (AvgIpc) is 3.33. The van der Waals surface area contributed by atoms with Gasteiger partial charge in [-0.15, -0.1) is 5.10 Å². The summed E-state index contributed by atoms with van der Waals surface area (Å²) in [5.41, 5.74) is 1.93. The number of benzene rings is 2. The molecule has 0 spiro atoms. The smallest absolute Gasteiger partial charge is 0.231 e. The third-order valence-electron chi connectivity index (χ3n) is 5.06. The Labute approximate surface area is 167 Å². The molecule has 0 saturated carbocycles. The Kier molecular flexibility index (Phi) is 4.59. The lowest BCUT2D eigenvalue weighted by molar-refractivity contribution is -0.930. The Morgan fingerprint density at radius 1 is 1.00 bits per heavy atom. The number of fused-ring (bicyclic) bond motifs is 1. The van der Waals surface area contributed by atoms with Crippen LogP contribution >= 0.6 is 12.2 Å². The van der Waals surface area contributed by atoms with E-state index in [0.29, 0.717) is 4.77 Å². The van der Waals surface area contributed by atoms with Gasteiger partial charge in [-0.05, 0) is 42.5 Å². The van der Waals surface area contributed by atoms with Crippen LogP contribution < -0.4 is 14.4 Å². The Morgan fingerprint density at radius 3 is 2.61 bits per heavy atom. The normalized spacial score (nSPS) is 16.4. The summed E-state index contributed by atoms with van der Waals surface area (Å²) in [5.74, 6) is 2.28. The van der Waals surface area contributed by atoms with Gasteiger partial charge in [0.25, 0.3) is 0 Å². The minimum absolute atomic E-state index is 0.249. The van der Waals surface area contributed by atoms with Crippen LogP contribution in [-0.4, -0.2) is 47.4 Å². The third-order valence-corrected chi connectivity index (χ3v) is 5.45. The fourth-order valence-corrected chi connectivity index (χ4v) is 3.87. The number of aromatic nitrogens is 3. The van der Waals surface area contributed by atoms with E-state index in [9.17, 15) is 0 Å². The zero-order chi connectivity index (χ0) is 18.9. The summed E-state index contributed by atoms with van der Waals surface area (Å²) in [6.07, 6.45) is 0. The molecule has 3 heterocycles. The van der Waals surface area contributed by atoms with Gasteiger partial charge >= 0.3 is 0 Å². The Balaban J connectivity index is 1.60. The molecule has 144 valence electrons. The van der Waals surface area contributed by atoms with E-state index < -0.39 is 0 Å². The van der Waals surface area contributed by atoms with Gasteiger partial charge in [0.15, 0.2) is 24.0 Å². The molecule has 8 heteroatoms. The summed E-state index contributed by atoms with van der Waals surface area (Å²) in [6, 6.07) is 16.0. The van der Waals surface area contributed by atoms with Gasteiger partial charge in [-0.3, -0.25) is 4.57 Å². The lowest BCUT2D eigenvalue weighted by Crippen LogP contribution is -3.13. The second kappa shape index (κ2) is 7.38. The molecule has 2 aromatic carbocycles. The molecule has 0 radical (unpaired) electrons. The Bertz CT molecular complexity index is 1040. The lowest BCUT2D eigenvalue weighted by Gasteiger charge is -2.23. The first kappa shape index (κ1) is 17.4. The van der Waals surface area contributed by atoms with E-state index in [4.69, 9.17) is 31.5 Å². The highest BCUT2D eigenvalue weighted by Crippen LogP contribution is 2.36. The fraction of sp³-hybridized carbons (Fsp3) is 0.300. The van der Waals surface area contributed by atoms with Crippen molar-refractivity contribution in [1.82, 2.24) is 14.3 Å². The fourth-order valence-electron chi connectivity index (χ4n) is 3.57. The molecule has 2 aliphatic rings. The molecule has 3 aromatic rings. The maximum absolute atomic E-state index is 5.83. The van der Waals surface area contributed by atoms with Crippen molar-refractivity contribution in [2.45, 2.75) is 6.67 Å². The molecule has 1 N–H and O–H groups in total. The summed E-state index contributed by atoms with van der Waals surface area (Å²) in [4.78, 5) is 1.41. The topological polar surface area (TPSA) is 54.9 Å². The van der Waals surface area contributed by atoms with Crippen LogP contribution in [0, 0.1) is 4.77 Å². The molecule has 0 amide bonds. The van der Waals surface area contributed by atoms with Crippen LogP contribution in [0.1, 0.15) is 0 Å². The molecule has 0 atom stereocenters. The number of nitrogens with one attached hydrogen (secondary N) is 1. The standard InChI is InChI=1S/C20H20N4O3S/c28-20-23(13-22-8-10-25-11-9-22)21-19(24(20)16-4-2-1-3-5-16)15-6-7-17-18(12-15)27-14-26-17/h1-7,12H,8-11,13-14H2/p+1. The number of nitrogens with zero attached hydrogens (tertiary/aromatic N) is 3. The predicted octanol–water partition coefficient (Wildman–Crippen LogP) is 1.67. The molecular weight excluding hydrogens is 376 g/mol. The highest BCUT2D eigenvalue weighted by molar-refractivity contribution is 7.71. The summed E-state index contributed by atoms with van der Waals surface area (Å²) in [5, 5.41) is 4.89. The van der Waals surface area contributed by atoms with Crippen molar-refractivity contribution in [3.8, 4) is 28.6 Å². The van der Waals surface area contributed by atoms with Gasteiger partial charge in [0.1, 0.15) is 13.1 Å². The monoisotopic (exact) mass is 397 g/mol. The van der Waals surface area contributed by atoms with Gasteiger partial charge in [-0.1, -0.05) is 18.2 Å². The van der Waals surface area contributed by atoms with Crippen molar-refractivity contribution in [2.24, 2.45) is 0 Å². The second-order valence-electron chi connectivity index (χ2n) is 6.87. The summed E-state index contributed by atoms with van der Waals surface area (Å²) < 4.78 is 21.1. The highest BCUT2D eigenvalue weighted by Gasteiger charge is 2.21. The van der Waals surface area contributed by atoms with Gasteiger partial charge in [0, 0.05) is 11.3 Å². The number of hydrogen-bond donors (Lipinski definition) is 1. The number of quaternary nitrogens is 1. The quantitative estimate of drug-likeness (QED) is 0.679. The minimum atomic E-state index is 0.249. The molecule has 1 fully saturated rings. The predicted molar refractivity (Wildman–Crippen MR) is 105 cm³/mol. The van der Waals surface area contributed by atoms with E-state index in [1.165, 1.54) is 4.90 Å². The highest BCUT2D eigenvalue weighted by atomic mass is 32.1. The molecule has 2 aliphatic heterocycles. The maximum atomic E-state index is 5.83. The van der Waals surface area contributed by atoms with Crippen LogP contribution in [-0.2, 0) is 11.4 Å². The zero-order valence-electron chi connectivity index (χ0n) is 15.3. The molecular formula is C20H21N4O3S+. The first-order chi connectivity index (χ1) is 13.8. The van der Waals surface area contributed by atoms with Crippen molar-refractivity contribution in [3.05, 3.63) is 53.3 Å². The van der Waals surface area contributed by atoms with E-state index in [1.54, 1.807) is 0 Å². The van der Waals surface area contributed by atoms with E-state index in [2.05, 4.69) is 0 Å². The number of para-hydroxylation sites is 1.